The van der Waals surface area contributed by atoms with Crippen LogP contribution in [0.25, 0.3) is 0 Å². The number of amides is 1. The van der Waals surface area contributed by atoms with Crippen LogP contribution in [0.5, 0.6) is 0 Å². The number of ether oxygens (including phenoxy) is 1. The van der Waals surface area contributed by atoms with Gasteiger partial charge in [-0.15, -0.1) is 0 Å². The second-order valence-corrected chi connectivity index (χ2v) is 2.39. The normalized spacial score (nSPS) is 29.7. The minimum atomic E-state index is -3.37. The number of carbonyl (C=O) groups excluding carboxylic acids is 1. The molecular weight excluding hydrogens is 156 g/mol. The molecule has 1 amide bonds. The van der Waals surface area contributed by atoms with E-state index in [1.807, 2.05) is 0 Å². The van der Waals surface area contributed by atoms with Crippen molar-refractivity contribution in [1.82, 2.24) is 5.32 Å². The minimum absolute atomic E-state index is 0.162. The number of piperidine rings is 1. The minimum Gasteiger partial charge on any atom is -0.375 e. The summed E-state index contributed by atoms with van der Waals surface area (Å²) in [6.07, 6.45) is -1.11. The van der Waals surface area contributed by atoms with Crippen molar-refractivity contribution in [3.63, 3.8) is 0 Å². The number of carbonyl (C=O) groups is 1. The van der Waals surface area contributed by atoms with Crippen LogP contribution in [0.2, 0.25) is 0 Å². The monoisotopic (exact) mass is 165 g/mol. The van der Waals surface area contributed by atoms with Gasteiger partial charge in [-0.05, 0) is 6.42 Å². The molecule has 0 aromatic heterocycles. The fourth-order valence-corrected chi connectivity index (χ4v) is 1.03. The van der Waals surface area contributed by atoms with Gasteiger partial charge in [0, 0.05) is 13.7 Å². The second kappa shape index (κ2) is 2.73. The average Bonchev–Trinajstić information content (AvgIpc) is 1.95. The van der Waals surface area contributed by atoms with Gasteiger partial charge in [0.1, 0.15) is 6.10 Å². The number of methoxy groups -OCH3 is 1. The van der Waals surface area contributed by atoms with Gasteiger partial charge in [0.2, 0.25) is 0 Å². The summed E-state index contributed by atoms with van der Waals surface area (Å²) in [5.74, 6) is -4.61. The lowest BCUT2D eigenvalue weighted by atomic mass is 10.1. The lowest BCUT2D eigenvalue weighted by Crippen LogP contribution is -2.54. The molecule has 0 saturated carbocycles. The van der Waals surface area contributed by atoms with E-state index in [9.17, 15) is 13.6 Å². The number of nitrogens with one attached hydrogen (secondary N) is 1. The van der Waals surface area contributed by atoms with Crippen molar-refractivity contribution in [2.45, 2.75) is 18.4 Å². The Hall–Kier alpha value is -0.710. The topological polar surface area (TPSA) is 38.3 Å². The van der Waals surface area contributed by atoms with Crippen molar-refractivity contribution < 1.29 is 18.3 Å². The van der Waals surface area contributed by atoms with Crippen LogP contribution in [0.4, 0.5) is 8.78 Å². The first kappa shape index (κ1) is 8.39. The Bertz CT molecular complexity index is 172. The van der Waals surface area contributed by atoms with Gasteiger partial charge in [0.05, 0.1) is 0 Å². The molecule has 64 valence electrons. The van der Waals surface area contributed by atoms with E-state index < -0.39 is 17.9 Å². The zero-order valence-corrected chi connectivity index (χ0v) is 6.06. The van der Waals surface area contributed by atoms with E-state index >= 15 is 0 Å². The molecule has 1 aliphatic rings. The van der Waals surface area contributed by atoms with E-state index in [0.717, 1.165) is 0 Å². The Kier molecular flexibility index (Phi) is 2.08. The molecule has 5 heteroatoms. The molecular formula is C6H9F2NO2. The lowest BCUT2D eigenvalue weighted by Gasteiger charge is -2.29. The maximum absolute atomic E-state index is 12.7. The Morgan fingerprint density at radius 1 is 1.73 bits per heavy atom. The smallest absolute Gasteiger partial charge is 0.349 e. The molecule has 0 aromatic carbocycles. The summed E-state index contributed by atoms with van der Waals surface area (Å²) < 4.78 is 29.9. The average molecular weight is 165 g/mol. The Labute approximate surface area is 62.7 Å². The van der Waals surface area contributed by atoms with Crippen molar-refractivity contribution in [3.8, 4) is 0 Å². The number of hydrogen-bond donors (Lipinski definition) is 1. The third-order valence-electron chi connectivity index (χ3n) is 1.68. The highest BCUT2D eigenvalue weighted by Crippen LogP contribution is 2.26. The molecule has 1 heterocycles. The van der Waals surface area contributed by atoms with Crippen LogP contribution >= 0.6 is 0 Å². The highest BCUT2D eigenvalue weighted by atomic mass is 19.3. The van der Waals surface area contributed by atoms with Gasteiger partial charge >= 0.3 is 5.92 Å². The highest BCUT2D eigenvalue weighted by molar-refractivity contribution is 5.84. The first-order valence-corrected chi connectivity index (χ1v) is 3.28. The van der Waals surface area contributed by atoms with Gasteiger partial charge in [0.25, 0.3) is 5.91 Å². The van der Waals surface area contributed by atoms with Gasteiger partial charge in [-0.25, -0.2) is 0 Å². The standard InChI is InChI=1S/C6H9F2NO2/c1-11-4-2-3-9-5(10)6(4,7)8/h4H,2-3H2,1H3,(H,9,10). The maximum atomic E-state index is 12.7. The Balaban J connectivity index is 2.72. The molecule has 1 atom stereocenters. The lowest BCUT2D eigenvalue weighted by molar-refractivity contribution is -0.174. The highest BCUT2D eigenvalue weighted by Gasteiger charge is 2.49. The van der Waals surface area contributed by atoms with Gasteiger partial charge in [-0.1, -0.05) is 0 Å². The van der Waals surface area contributed by atoms with Crippen molar-refractivity contribution in [3.05, 3.63) is 0 Å². The van der Waals surface area contributed by atoms with Crippen LogP contribution in [0.1, 0.15) is 6.42 Å². The molecule has 0 aliphatic carbocycles. The van der Waals surface area contributed by atoms with Crippen LogP contribution in [-0.2, 0) is 9.53 Å². The van der Waals surface area contributed by atoms with Crippen molar-refractivity contribution in [2.75, 3.05) is 13.7 Å². The summed E-state index contributed by atoms with van der Waals surface area (Å²) in [5.41, 5.74) is 0. The predicted molar refractivity (Wildman–Crippen MR) is 33.4 cm³/mol. The summed E-state index contributed by atoms with van der Waals surface area (Å²) >= 11 is 0. The third-order valence-corrected chi connectivity index (χ3v) is 1.68. The van der Waals surface area contributed by atoms with Crippen LogP contribution in [-0.4, -0.2) is 31.6 Å². The fraction of sp³-hybridized carbons (Fsp3) is 0.833. The molecule has 1 saturated heterocycles. The Morgan fingerprint density at radius 3 is 2.82 bits per heavy atom. The first-order valence-electron chi connectivity index (χ1n) is 3.28. The van der Waals surface area contributed by atoms with E-state index in [4.69, 9.17) is 0 Å². The first-order chi connectivity index (χ1) is 5.09. The van der Waals surface area contributed by atoms with E-state index in [1.165, 1.54) is 7.11 Å². The number of halogens is 2. The molecule has 3 nitrogen and oxygen atoms in total. The molecule has 11 heavy (non-hydrogen) atoms. The number of rotatable bonds is 1. The molecule has 0 bridgehead atoms. The van der Waals surface area contributed by atoms with Gasteiger partial charge in [-0.2, -0.15) is 8.78 Å². The molecule has 0 aromatic rings. The summed E-state index contributed by atoms with van der Waals surface area (Å²) in [4.78, 5) is 10.5. The SMILES string of the molecule is COC1CCNC(=O)C1(F)F. The van der Waals surface area contributed by atoms with E-state index in [-0.39, 0.29) is 13.0 Å². The fourth-order valence-electron chi connectivity index (χ4n) is 1.03. The molecule has 0 spiro atoms. The van der Waals surface area contributed by atoms with Crippen LogP contribution in [0.3, 0.4) is 0 Å². The zero-order valence-electron chi connectivity index (χ0n) is 6.06. The molecule has 1 unspecified atom stereocenters. The maximum Gasteiger partial charge on any atom is 0.349 e. The van der Waals surface area contributed by atoms with Crippen molar-refractivity contribution >= 4 is 5.91 Å². The quantitative estimate of drug-likeness (QED) is 0.601. The molecule has 1 rings (SSSR count). The molecule has 0 radical (unpaired) electrons. The zero-order chi connectivity index (χ0) is 8.48. The number of hydrogen-bond acceptors (Lipinski definition) is 2. The molecule has 1 aliphatic heterocycles. The van der Waals surface area contributed by atoms with Gasteiger partial charge < -0.3 is 10.1 Å². The van der Waals surface area contributed by atoms with Crippen LogP contribution < -0.4 is 5.32 Å². The largest absolute Gasteiger partial charge is 0.375 e. The van der Waals surface area contributed by atoms with E-state index in [1.54, 1.807) is 0 Å². The summed E-state index contributed by atoms with van der Waals surface area (Å²) in [7, 11) is 1.18. The summed E-state index contributed by atoms with van der Waals surface area (Å²) in [5, 5.41) is 2.07. The van der Waals surface area contributed by atoms with Gasteiger partial charge in [-0.3, -0.25) is 4.79 Å². The van der Waals surface area contributed by atoms with Crippen LogP contribution in [0.15, 0.2) is 0 Å². The summed E-state index contributed by atoms with van der Waals surface area (Å²) in [6.45, 7) is 0.257. The third kappa shape index (κ3) is 1.33. The van der Waals surface area contributed by atoms with E-state index in [2.05, 4.69) is 10.1 Å². The second-order valence-electron chi connectivity index (χ2n) is 2.39. The summed E-state index contributed by atoms with van der Waals surface area (Å²) in [6, 6.07) is 0. The number of alkyl halides is 2. The molecule has 1 fully saturated rings. The van der Waals surface area contributed by atoms with Crippen molar-refractivity contribution in [1.29, 1.82) is 0 Å². The van der Waals surface area contributed by atoms with E-state index in [0.29, 0.717) is 0 Å². The Morgan fingerprint density at radius 2 is 2.36 bits per heavy atom. The molecule has 1 N–H and O–H groups in total. The van der Waals surface area contributed by atoms with Gasteiger partial charge in [0.15, 0.2) is 0 Å². The van der Waals surface area contributed by atoms with Crippen LogP contribution in [0, 0.1) is 0 Å². The predicted octanol–water partition coefficient (Wildman–Crippen LogP) is 0.157. The van der Waals surface area contributed by atoms with Crippen molar-refractivity contribution in [2.24, 2.45) is 0 Å².